The summed E-state index contributed by atoms with van der Waals surface area (Å²) >= 11 is 0. The summed E-state index contributed by atoms with van der Waals surface area (Å²) in [6.07, 6.45) is 0.502. The number of carbonyl (C=O) groups is 3. The van der Waals surface area contributed by atoms with Gasteiger partial charge in [-0.2, -0.15) is 0 Å². The van der Waals surface area contributed by atoms with Crippen molar-refractivity contribution >= 4 is 36.6 Å². The van der Waals surface area contributed by atoms with E-state index in [4.69, 9.17) is 18.9 Å². The Morgan fingerprint density at radius 3 is 2.26 bits per heavy atom. The van der Waals surface area contributed by atoms with Crippen LogP contribution in [0.2, 0.25) is 19.6 Å². The van der Waals surface area contributed by atoms with Gasteiger partial charge in [0.2, 0.25) is 5.41 Å². The van der Waals surface area contributed by atoms with E-state index >= 15 is 0 Å². The molecule has 1 heterocycles. The summed E-state index contributed by atoms with van der Waals surface area (Å²) in [5.74, 6) is -2.62. The van der Waals surface area contributed by atoms with E-state index in [0.717, 1.165) is 10.8 Å². The van der Waals surface area contributed by atoms with Crippen molar-refractivity contribution in [1.82, 2.24) is 0 Å². The van der Waals surface area contributed by atoms with Gasteiger partial charge >= 0.3 is 11.9 Å². The molecule has 8 heteroatoms. The van der Waals surface area contributed by atoms with E-state index in [1.54, 1.807) is 25.1 Å². The van der Waals surface area contributed by atoms with Crippen molar-refractivity contribution in [2.75, 3.05) is 6.61 Å². The van der Waals surface area contributed by atoms with Crippen molar-refractivity contribution in [3.8, 4) is 11.5 Å². The highest BCUT2D eigenvalue weighted by atomic mass is 28.3. The molecule has 0 saturated heterocycles. The van der Waals surface area contributed by atoms with Crippen LogP contribution in [0.3, 0.4) is 0 Å². The van der Waals surface area contributed by atoms with Gasteiger partial charge in [0.1, 0.15) is 11.5 Å². The van der Waals surface area contributed by atoms with Crippen LogP contribution in [-0.2, 0) is 23.9 Å². The summed E-state index contributed by atoms with van der Waals surface area (Å²) in [6.45, 7) is 9.25. The van der Waals surface area contributed by atoms with Crippen LogP contribution in [0.25, 0.3) is 10.8 Å². The lowest BCUT2D eigenvalue weighted by Crippen LogP contribution is -2.66. The molecule has 2 atom stereocenters. The molecular formula is C26H30O7Si. The van der Waals surface area contributed by atoms with Crippen LogP contribution in [0.1, 0.15) is 26.7 Å². The number of hydrogen-bond acceptors (Lipinski definition) is 7. The molecule has 1 spiro atoms. The molecule has 1 fully saturated rings. The van der Waals surface area contributed by atoms with E-state index in [1.165, 1.54) is 6.92 Å². The zero-order chi connectivity index (χ0) is 24.7. The lowest BCUT2D eigenvalue weighted by atomic mass is 9.74. The predicted octanol–water partition coefficient (Wildman–Crippen LogP) is 4.59. The molecule has 2 aliphatic rings. The van der Waals surface area contributed by atoms with Gasteiger partial charge in [-0.25, -0.2) is 0 Å². The third-order valence-corrected chi connectivity index (χ3v) is 7.38. The highest BCUT2D eigenvalue weighted by Crippen LogP contribution is 2.56. The van der Waals surface area contributed by atoms with Crippen LogP contribution < -0.4 is 9.47 Å². The second kappa shape index (κ2) is 8.58. The Kier molecular flexibility index (Phi) is 6.06. The number of ether oxygens (including phenoxy) is 4. The van der Waals surface area contributed by atoms with Crippen molar-refractivity contribution in [2.24, 2.45) is 5.41 Å². The normalized spacial score (nSPS) is 21.9. The van der Waals surface area contributed by atoms with Gasteiger partial charge in [-0.3, -0.25) is 14.4 Å². The average Bonchev–Trinajstić information content (AvgIpc) is 3.02. The summed E-state index contributed by atoms with van der Waals surface area (Å²) in [5.41, 5.74) is -0.0844. The summed E-state index contributed by atoms with van der Waals surface area (Å²) < 4.78 is 24.0. The minimum absolute atomic E-state index is 0.00943. The number of hydrogen-bond donors (Lipinski definition) is 0. The first kappa shape index (κ1) is 24.0. The molecule has 1 saturated carbocycles. The maximum Gasteiger partial charge on any atom is 0.332 e. The van der Waals surface area contributed by atoms with Crippen LogP contribution in [-0.4, -0.2) is 44.3 Å². The molecule has 2 unspecified atom stereocenters. The summed E-state index contributed by atoms with van der Waals surface area (Å²) in [6, 6.07) is 11.1. The maximum atomic E-state index is 13.7. The number of esters is 2. The second-order valence-electron chi connectivity index (χ2n) is 9.77. The number of Topliss-reactive ketones (excluding diaryl/α,β-unsaturated/α-hetero) is 1. The lowest BCUT2D eigenvalue weighted by Gasteiger charge is -2.46. The van der Waals surface area contributed by atoms with Gasteiger partial charge in [0.15, 0.2) is 11.9 Å². The van der Waals surface area contributed by atoms with Crippen LogP contribution in [0.5, 0.6) is 11.5 Å². The fourth-order valence-corrected chi connectivity index (χ4v) is 5.55. The van der Waals surface area contributed by atoms with Crippen molar-refractivity contribution in [3.05, 3.63) is 48.2 Å². The fourth-order valence-electron chi connectivity index (χ4n) is 4.80. The monoisotopic (exact) mass is 482 g/mol. The van der Waals surface area contributed by atoms with Gasteiger partial charge in [0.05, 0.1) is 20.1 Å². The minimum Gasteiger partial charge on any atom is -0.465 e. The molecule has 0 bridgehead atoms. The van der Waals surface area contributed by atoms with Gasteiger partial charge < -0.3 is 18.9 Å². The van der Waals surface area contributed by atoms with Crippen molar-refractivity contribution in [2.45, 2.75) is 58.2 Å². The molecule has 2 aromatic carbocycles. The molecule has 4 rings (SSSR count). The third kappa shape index (κ3) is 3.79. The van der Waals surface area contributed by atoms with Gasteiger partial charge in [-0.05, 0) is 24.4 Å². The predicted molar refractivity (Wildman–Crippen MR) is 129 cm³/mol. The zero-order valence-corrected chi connectivity index (χ0v) is 21.2. The Morgan fingerprint density at radius 1 is 1.12 bits per heavy atom. The zero-order valence-electron chi connectivity index (χ0n) is 20.2. The van der Waals surface area contributed by atoms with E-state index in [9.17, 15) is 14.4 Å². The van der Waals surface area contributed by atoms with Crippen LogP contribution in [0, 0.1) is 5.41 Å². The van der Waals surface area contributed by atoms with E-state index < -0.39 is 43.1 Å². The van der Waals surface area contributed by atoms with Crippen molar-refractivity contribution in [3.63, 3.8) is 0 Å². The van der Waals surface area contributed by atoms with E-state index in [2.05, 4.69) is 19.6 Å². The Balaban J connectivity index is 1.96. The second-order valence-corrected chi connectivity index (χ2v) is 14.8. The minimum atomic E-state index is -2.03. The maximum absolute atomic E-state index is 13.7. The molecule has 0 N–H and O–H groups in total. The molecule has 0 radical (unpaired) electrons. The first-order chi connectivity index (χ1) is 16.0. The Morgan fingerprint density at radius 2 is 1.74 bits per heavy atom. The number of carbonyl (C=O) groups excluding carboxylic acids is 3. The van der Waals surface area contributed by atoms with E-state index in [1.807, 2.05) is 30.0 Å². The highest BCUT2D eigenvalue weighted by Gasteiger charge is 2.75. The molecule has 1 aliphatic heterocycles. The van der Waals surface area contributed by atoms with E-state index in [0.29, 0.717) is 11.5 Å². The Hall–Kier alpha value is -3.13. The van der Waals surface area contributed by atoms with Crippen LogP contribution >= 0.6 is 0 Å². The summed E-state index contributed by atoms with van der Waals surface area (Å²) in [7, 11) is -1.81. The van der Waals surface area contributed by atoms with Gasteiger partial charge in [-0.15, -0.1) is 0 Å². The number of rotatable bonds is 6. The van der Waals surface area contributed by atoms with Crippen LogP contribution in [0.4, 0.5) is 0 Å². The van der Waals surface area contributed by atoms with Gasteiger partial charge in [0, 0.05) is 19.8 Å². The quantitative estimate of drug-likeness (QED) is 0.338. The highest BCUT2D eigenvalue weighted by molar-refractivity contribution is 6.80. The van der Waals surface area contributed by atoms with Crippen LogP contribution in [0.15, 0.2) is 48.2 Å². The Bertz CT molecular complexity index is 1140. The van der Waals surface area contributed by atoms with Crippen molar-refractivity contribution in [1.29, 1.82) is 0 Å². The smallest absolute Gasteiger partial charge is 0.332 e. The molecule has 34 heavy (non-hydrogen) atoms. The first-order valence-corrected chi connectivity index (χ1v) is 15.1. The average molecular weight is 483 g/mol. The molecule has 1 aliphatic carbocycles. The molecular weight excluding hydrogens is 452 g/mol. The third-order valence-electron chi connectivity index (χ3n) is 6.19. The SMILES string of the molecule is CCOC(=O)C1(C(/C=C/[Si](C)(C)C)OC(C)=O)C(=O)CCC12Oc1cccc3cccc(c13)O2. The van der Waals surface area contributed by atoms with E-state index in [-0.39, 0.29) is 19.4 Å². The van der Waals surface area contributed by atoms with Gasteiger partial charge in [-0.1, -0.05) is 55.7 Å². The molecule has 2 aromatic rings. The van der Waals surface area contributed by atoms with Crippen molar-refractivity contribution < 1.29 is 33.3 Å². The summed E-state index contributed by atoms with van der Waals surface area (Å²) in [5, 5.41) is 1.67. The summed E-state index contributed by atoms with van der Waals surface area (Å²) in [4.78, 5) is 39.6. The molecule has 0 aromatic heterocycles. The lowest BCUT2D eigenvalue weighted by molar-refractivity contribution is -0.227. The molecule has 0 amide bonds. The first-order valence-electron chi connectivity index (χ1n) is 11.5. The van der Waals surface area contributed by atoms with Gasteiger partial charge in [0.25, 0.3) is 5.79 Å². The topological polar surface area (TPSA) is 88.1 Å². The largest absolute Gasteiger partial charge is 0.465 e. The molecule has 7 nitrogen and oxygen atoms in total. The molecule has 180 valence electrons. The Labute approximate surface area is 200 Å². The number of ketones is 1. The number of benzene rings is 2. The standard InChI is InChI=1S/C26H30O7Si/c1-6-30-24(29)26(22(31-17(2)27)14-16-34(3,4)5)21(28)13-15-25(26)32-19-11-7-9-18-10-8-12-20(33-25)23(18)19/h7-12,14,16,22H,6,13,15H2,1-5H3/b16-14+. The fraction of sp³-hybridized carbons (Fsp3) is 0.423.